The molecule has 2 amide bonds. The van der Waals surface area contributed by atoms with Crippen LogP contribution in [0.3, 0.4) is 0 Å². The normalized spacial score (nSPS) is 22.3. The number of hydrogen-bond acceptors (Lipinski definition) is 4. The van der Waals surface area contributed by atoms with Gasteiger partial charge in [-0.15, -0.1) is 0 Å². The first-order valence-electron chi connectivity index (χ1n) is 5.38. The molecule has 6 heteroatoms. The molecule has 0 spiro atoms. The summed E-state index contributed by atoms with van der Waals surface area (Å²) >= 11 is 0. The van der Waals surface area contributed by atoms with Crippen LogP contribution in [-0.4, -0.2) is 31.2 Å². The van der Waals surface area contributed by atoms with Crippen molar-refractivity contribution in [3.05, 3.63) is 0 Å². The molecule has 1 rings (SSSR count). The molecule has 1 aliphatic heterocycles. The maximum atomic E-state index is 11.5. The Morgan fingerprint density at radius 1 is 1.38 bits per heavy atom. The second-order valence-electron chi connectivity index (χ2n) is 4.35. The predicted octanol–water partition coefficient (Wildman–Crippen LogP) is 0.253. The number of amides is 2. The molecule has 16 heavy (non-hydrogen) atoms. The summed E-state index contributed by atoms with van der Waals surface area (Å²) in [7, 11) is -3.10. The second-order valence-corrected chi connectivity index (χ2v) is 7.03. The monoisotopic (exact) mass is 247 g/mol. The number of carbonyl (C=O) groups excluding carboxylic acids is 2. The summed E-state index contributed by atoms with van der Waals surface area (Å²) in [6.45, 7) is 3.25. The van der Waals surface area contributed by atoms with Gasteiger partial charge in [0.25, 0.3) is 0 Å². The van der Waals surface area contributed by atoms with Crippen molar-refractivity contribution in [1.82, 2.24) is 5.32 Å². The molecule has 0 aliphatic carbocycles. The molecule has 1 saturated heterocycles. The SMILES string of the molecule is CC(C)S(=O)(=O)CCC1CCC(=O)NC1=O. The van der Waals surface area contributed by atoms with E-state index in [2.05, 4.69) is 5.32 Å². The summed E-state index contributed by atoms with van der Waals surface area (Å²) in [6, 6.07) is 0. The van der Waals surface area contributed by atoms with Crippen LogP contribution in [0.5, 0.6) is 0 Å². The first kappa shape index (κ1) is 13.2. The van der Waals surface area contributed by atoms with Crippen molar-refractivity contribution >= 4 is 21.7 Å². The van der Waals surface area contributed by atoms with Gasteiger partial charge in [0.1, 0.15) is 0 Å². The molecule has 0 saturated carbocycles. The zero-order valence-corrected chi connectivity index (χ0v) is 10.3. The number of rotatable bonds is 4. The summed E-state index contributed by atoms with van der Waals surface area (Å²) < 4.78 is 23.1. The molecule has 1 atom stereocenters. The molecule has 0 aromatic heterocycles. The van der Waals surface area contributed by atoms with Crippen molar-refractivity contribution in [3.63, 3.8) is 0 Å². The highest BCUT2D eigenvalue weighted by atomic mass is 32.2. The van der Waals surface area contributed by atoms with E-state index >= 15 is 0 Å². The zero-order chi connectivity index (χ0) is 12.3. The lowest BCUT2D eigenvalue weighted by atomic mass is 9.96. The quantitative estimate of drug-likeness (QED) is 0.722. The minimum absolute atomic E-state index is 0.0109. The molecule has 0 aromatic rings. The molecule has 0 bridgehead atoms. The maximum absolute atomic E-state index is 11.5. The summed E-state index contributed by atoms with van der Waals surface area (Å²) in [5.74, 6) is -0.939. The van der Waals surface area contributed by atoms with E-state index < -0.39 is 15.1 Å². The van der Waals surface area contributed by atoms with Gasteiger partial charge >= 0.3 is 0 Å². The van der Waals surface area contributed by atoms with Crippen molar-refractivity contribution in [1.29, 1.82) is 0 Å². The van der Waals surface area contributed by atoms with Crippen molar-refractivity contribution in [2.75, 3.05) is 5.75 Å². The smallest absolute Gasteiger partial charge is 0.229 e. The van der Waals surface area contributed by atoms with Crippen molar-refractivity contribution in [2.24, 2.45) is 5.92 Å². The predicted molar refractivity (Wildman–Crippen MR) is 59.4 cm³/mol. The summed E-state index contributed by atoms with van der Waals surface area (Å²) in [5.41, 5.74) is 0. The van der Waals surface area contributed by atoms with E-state index in [-0.39, 0.29) is 23.5 Å². The standard InChI is InChI=1S/C10H17NO4S/c1-7(2)16(14,15)6-5-8-3-4-9(12)11-10(8)13/h7-8H,3-6H2,1-2H3,(H,11,12,13). The van der Waals surface area contributed by atoms with E-state index in [9.17, 15) is 18.0 Å². The maximum Gasteiger partial charge on any atom is 0.229 e. The van der Waals surface area contributed by atoms with Gasteiger partial charge in [-0.1, -0.05) is 0 Å². The van der Waals surface area contributed by atoms with Crippen molar-refractivity contribution in [3.8, 4) is 0 Å². The van der Waals surface area contributed by atoms with Gasteiger partial charge in [0.2, 0.25) is 11.8 Å². The van der Waals surface area contributed by atoms with Crippen molar-refractivity contribution < 1.29 is 18.0 Å². The molecular formula is C10H17NO4S. The molecule has 0 radical (unpaired) electrons. The Hall–Kier alpha value is -0.910. The lowest BCUT2D eigenvalue weighted by molar-refractivity contribution is -0.136. The number of piperidine rings is 1. The number of nitrogens with one attached hydrogen (secondary N) is 1. The number of carbonyl (C=O) groups is 2. The third-order valence-corrected chi connectivity index (χ3v) is 5.06. The largest absolute Gasteiger partial charge is 0.296 e. The Balaban J connectivity index is 2.51. The van der Waals surface area contributed by atoms with E-state index in [1.54, 1.807) is 13.8 Å². The number of sulfone groups is 1. The molecule has 92 valence electrons. The van der Waals surface area contributed by atoms with Crippen LogP contribution >= 0.6 is 0 Å². The van der Waals surface area contributed by atoms with Crippen molar-refractivity contribution in [2.45, 2.75) is 38.4 Å². The van der Waals surface area contributed by atoms with Gasteiger partial charge in [-0.2, -0.15) is 0 Å². The van der Waals surface area contributed by atoms with E-state index in [1.807, 2.05) is 0 Å². The number of imide groups is 1. The third kappa shape index (κ3) is 3.30. The van der Waals surface area contributed by atoms with Crippen LogP contribution in [0, 0.1) is 5.92 Å². The average Bonchev–Trinajstić information content (AvgIpc) is 2.16. The van der Waals surface area contributed by atoms with Crippen LogP contribution in [-0.2, 0) is 19.4 Å². The Morgan fingerprint density at radius 3 is 2.50 bits per heavy atom. The minimum atomic E-state index is -3.10. The average molecular weight is 247 g/mol. The van der Waals surface area contributed by atoms with Crippen LogP contribution in [0.25, 0.3) is 0 Å². The molecule has 0 aromatic carbocycles. The van der Waals surface area contributed by atoms with E-state index in [0.717, 1.165) is 0 Å². The lowest BCUT2D eigenvalue weighted by Crippen LogP contribution is -2.41. The van der Waals surface area contributed by atoms with Crippen LogP contribution < -0.4 is 5.32 Å². The summed E-state index contributed by atoms with van der Waals surface area (Å²) in [5, 5.41) is 1.81. The topological polar surface area (TPSA) is 80.3 Å². The summed E-state index contributed by atoms with van der Waals surface area (Å²) in [4.78, 5) is 22.2. The van der Waals surface area contributed by atoms with Crippen LogP contribution in [0.4, 0.5) is 0 Å². The molecule has 1 aliphatic rings. The molecular weight excluding hydrogens is 230 g/mol. The fraction of sp³-hybridized carbons (Fsp3) is 0.800. The fourth-order valence-corrected chi connectivity index (χ4v) is 2.64. The first-order chi connectivity index (χ1) is 7.33. The van der Waals surface area contributed by atoms with Crippen LogP contribution in [0.15, 0.2) is 0 Å². The van der Waals surface area contributed by atoms with E-state index in [1.165, 1.54) is 0 Å². The highest BCUT2D eigenvalue weighted by Crippen LogP contribution is 2.18. The van der Waals surface area contributed by atoms with Gasteiger partial charge in [0.15, 0.2) is 9.84 Å². The Morgan fingerprint density at radius 2 is 2.00 bits per heavy atom. The Bertz CT molecular complexity index is 386. The Kier molecular flexibility index (Phi) is 4.07. The minimum Gasteiger partial charge on any atom is -0.296 e. The molecule has 1 N–H and O–H groups in total. The van der Waals surface area contributed by atoms with Crippen LogP contribution in [0.1, 0.15) is 33.1 Å². The zero-order valence-electron chi connectivity index (χ0n) is 9.52. The molecule has 1 fully saturated rings. The van der Waals surface area contributed by atoms with Gasteiger partial charge in [-0.05, 0) is 26.7 Å². The van der Waals surface area contributed by atoms with Crippen LogP contribution in [0.2, 0.25) is 0 Å². The highest BCUT2D eigenvalue weighted by Gasteiger charge is 2.28. The molecule has 1 unspecified atom stereocenters. The van der Waals surface area contributed by atoms with Gasteiger partial charge in [-0.3, -0.25) is 14.9 Å². The number of hydrogen-bond donors (Lipinski definition) is 1. The molecule has 5 nitrogen and oxygen atoms in total. The third-order valence-electron chi connectivity index (χ3n) is 2.82. The molecule has 1 heterocycles. The summed E-state index contributed by atoms with van der Waals surface area (Å²) in [6.07, 6.45) is 1.07. The van der Waals surface area contributed by atoms with Gasteiger partial charge in [0.05, 0.1) is 11.0 Å². The van der Waals surface area contributed by atoms with E-state index in [0.29, 0.717) is 19.3 Å². The van der Waals surface area contributed by atoms with Gasteiger partial charge in [0, 0.05) is 12.3 Å². The fourth-order valence-electron chi connectivity index (χ4n) is 1.56. The highest BCUT2D eigenvalue weighted by molar-refractivity contribution is 7.91. The second kappa shape index (κ2) is 4.95. The van der Waals surface area contributed by atoms with E-state index in [4.69, 9.17) is 0 Å². The van der Waals surface area contributed by atoms with Gasteiger partial charge in [-0.25, -0.2) is 8.42 Å². The van der Waals surface area contributed by atoms with Gasteiger partial charge < -0.3 is 0 Å². The Labute approximate surface area is 95.5 Å². The lowest BCUT2D eigenvalue weighted by Gasteiger charge is -2.20. The first-order valence-corrected chi connectivity index (χ1v) is 7.09.